The van der Waals surface area contributed by atoms with E-state index in [1.54, 1.807) is 0 Å². The third kappa shape index (κ3) is 4.00. The van der Waals surface area contributed by atoms with Gasteiger partial charge in [-0.2, -0.15) is 0 Å². The summed E-state index contributed by atoms with van der Waals surface area (Å²) in [5.41, 5.74) is 1.65. The molecule has 1 rings (SSSR count). The summed E-state index contributed by atoms with van der Waals surface area (Å²) >= 11 is 0. The second-order valence-corrected chi connectivity index (χ2v) is 4.30. The van der Waals surface area contributed by atoms with Crippen LogP contribution in [-0.2, 0) is 6.42 Å². The summed E-state index contributed by atoms with van der Waals surface area (Å²) in [7, 11) is 0. The lowest BCUT2D eigenvalue weighted by Gasteiger charge is -2.28. The maximum Gasteiger partial charge on any atom is 0.0270 e. The summed E-state index contributed by atoms with van der Waals surface area (Å²) in [4.78, 5) is 4.01. The van der Waals surface area contributed by atoms with E-state index < -0.39 is 0 Å². The van der Waals surface area contributed by atoms with Gasteiger partial charge in [0, 0.05) is 17.9 Å². The van der Waals surface area contributed by atoms with E-state index in [1.165, 1.54) is 18.4 Å². The van der Waals surface area contributed by atoms with Gasteiger partial charge in [0.2, 0.25) is 0 Å². The zero-order chi connectivity index (χ0) is 11.1. The number of aromatic nitrogens is 1. The monoisotopic (exact) mass is 206 g/mol. The highest BCUT2D eigenvalue weighted by Crippen LogP contribution is 2.13. The largest absolute Gasteiger partial charge is 0.311 e. The molecule has 2 heteroatoms. The van der Waals surface area contributed by atoms with Crippen LogP contribution in [0.5, 0.6) is 0 Å². The molecule has 0 unspecified atom stereocenters. The number of nitrogens with one attached hydrogen (secondary N) is 1. The van der Waals surface area contributed by atoms with Crippen molar-refractivity contribution in [1.82, 2.24) is 10.3 Å². The van der Waals surface area contributed by atoms with Gasteiger partial charge in [0.1, 0.15) is 0 Å². The van der Waals surface area contributed by atoms with Crippen molar-refractivity contribution in [3.63, 3.8) is 0 Å². The minimum Gasteiger partial charge on any atom is -0.311 e. The molecule has 15 heavy (non-hydrogen) atoms. The van der Waals surface area contributed by atoms with Crippen molar-refractivity contribution in [2.45, 2.75) is 45.6 Å². The molecule has 0 aliphatic carbocycles. The topological polar surface area (TPSA) is 24.9 Å². The second-order valence-electron chi connectivity index (χ2n) is 4.30. The van der Waals surface area contributed by atoms with Gasteiger partial charge in [-0.3, -0.25) is 4.98 Å². The highest BCUT2D eigenvalue weighted by Gasteiger charge is 2.17. The van der Waals surface area contributed by atoms with E-state index in [9.17, 15) is 0 Å². The van der Waals surface area contributed by atoms with Crippen molar-refractivity contribution in [2.75, 3.05) is 6.54 Å². The standard InChI is InChI=1S/C13H22N2/c1-4-13(3,5-2)15-11-8-12-6-9-14-10-7-12/h6-7,9-10,15H,4-5,8,11H2,1-3H3. The summed E-state index contributed by atoms with van der Waals surface area (Å²) in [6, 6.07) is 4.16. The molecule has 1 aromatic heterocycles. The number of hydrogen-bond acceptors (Lipinski definition) is 2. The van der Waals surface area contributed by atoms with E-state index in [1.807, 2.05) is 12.4 Å². The first-order valence-corrected chi connectivity index (χ1v) is 5.84. The summed E-state index contributed by atoms with van der Waals surface area (Å²) in [5, 5.41) is 3.62. The fraction of sp³-hybridized carbons (Fsp3) is 0.615. The van der Waals surface area contributed by atoms with Crippen molar-refractivity contribution in [3.05, 3.63) is 30.1 Å². The summed E-state index contributed by atoms with van der Waals surface area (Å²) in [6.45, 7) is 7.81. The highest BCUT2D eigenvalue weighted by atomic mass is 15.0. The first kappa shape index (κ1) is 12.2. The van der Waals surface area contributed by atoms with Crippen LogP contribution in [0.1, 0.15) is 39.2 Å². The predicted octanol–water partition coefficient (Wildman–Crippen LogP) is 2.79. The average Bonchev–Trinajstić information content (AvgIpc) is 2.30. The van der Waals surface area contributed by atoms with E-state index in [-0.39, 0.29) is 0 Å². The molecule has 0 aliphatic heterocycles. The van der Waals surface area contributed by atoms with Gasteiger partial charge >= 0.3 is 0 Å². The molecule has 2 nitrogen and oxygen atoms in total. The Morgan fingerprint density at radius 2 is 1.80 bits per heavy atom. The van der Waals surface area contributed by atoms with Gasteiger partial charge < -0.3 is 5.32 Å². The number of pyridine rings is 1. The molecule has 0 radical (unpaired) electrons. The van der Waals surface area contributed by atoms with Crippen LogP contribution in [0.4, 0.5) is 0 Å². The van der Waals surface area contributed by atoms with Crippen molar-refractivity contribution in [2.24, 2.45) is 0 Å². The van der Waals surface area contributed by atoms with E-state index in [2.05, 4.69) is 43.2 Å². The lowest BCUT2D eigenvalue weighted by Crippen LogP contribution is -2.42. The Morgan fingerprint density at radius 3 is 2.33 bits per heavy atom. The van der Waals surface area contributed by atoms with Crippen molar-refractivity contribution >= 4 is 0 Å². The Kier molecular flexibility index (Phi) is 4.76. The first-order chi connectivity index (χ1) is 7.20. The lowest BCUT2D eigenvalue weighted by atomic mass is 9.95. The normalized spacial score (nSPS) is 11.7. The average molecular weight is 206 g/mol. The zero-order valence-electron chi connectivity index (χ0n) is 10.1. The molecule has 0 fully saturated rings. The fourth-order valence-corrected chi connectivity index (χ4v) is 1.56. The molecule has 0 amide bonds. The SMILES string of the molecule is CCC(C)(CC)NCCc1ccncc1. The molecule has 0 aliphatic rings. The van der Waals surface area contributed by atoms with E-state index in [0.29, 0.717) is 5.54 Å². The van der Waals surface area contributed by atoms with Crippen LogP contribution in [0.2, 0.25) is 0 Å². The van der Waals surface area contributed by atoms with Gasteiger partial charge in [0.25, 0.3) is 0 Å². The lowest BCUT2D eigenvalue weighted by molar-refractivity contribution is 0.334. The second kappa shape index (κ2) is 5.86. The third-order valence-electron chi connectivity index (χ3n) is 3.28. The maximum atomic E-state index is 4.01. The molecule has 1 aromatic rings. The quantitative estimate of drug-likeness (QED) is 0.774. The van der Waals surface area contributed by atoms with Gasteiger partial charge in [-0.15, -0.1) is 0 Å². The molecule has 0 bridgehead atoms. The Hall–Kier alpha value is -0.890. The minimum absolute atomic E-state index is 0.299. The van der Waals surface area contributed by atoms with Gasteiger partial charge in [0.05, 0.1) is 0 Å². The summed E-state index contributed by atoms with van der Waals surface area (Å²) < 4.78 is 0. The fourth-order valence-electron chi connectivity index (χ4n) is 1.56. The van der Waals surface area contributed by atoms with Gasteiger partial charge in [-0.1, -0.05) is 13.8 Å². The van der Waals surface area contributed by atoms with Gasteiger partial charge in [-0.05, 0) is 50.4 Å². The third-order valence-corrected chi connectivity index (χ3v) is 3.28. The molecule has 0 spiro atoms. The number of hydrogen-bond donors (Lipinski definition) is 1. The van der Waals surface area contributed by atoms with Gasteiger partial charge in [0.15, 0.2) is 0 Å². The summed E-state index contributed by atoms with van der Waals surface area (Å²) in [5.74, 6) is 0. The Labute approximate surface area is 93.1 Å². The Morgan fingerprint density at radius 1 is 1.20 bits per heavy atom. The van der Waals surface area contributed by atoms with Crippen LogP contribution in [0.3, 0.4) is 0 Å². The number of nitrogens with zero attached hydrogens (tertiary/aromatic N) is 1. The van der Waals surface area contributed by atoms with Crippen LogP contribution in [0, 0.1) is 0 Å². The molecule has 1 heterocycles. The molecule has 84 valence electrons. The van der Waals surface area contributed by atoms with Crippen LogP contribution in [-0.4, -0.2) is 17.1 Å². The molecule has 0 saturated heterocycles. The molecule has 1 N–H and O–H groups in total. The van der Waals surface area contributed by atoms with E-state index in [0.717, 1.165) is 13.0 Å². The van der Waals surface area contributed by atoms with Crippen LogP contribution < -0.4 is 5.32 Å². The van der Waals surface area contributed by atoms with Crippen LogP contribution >= 0.6 is 0 Å². The molecular formula is C13H22N2. The zero-order valence-corrected chi connectivity index (χ0v) is 10.1. The predicted molar refractivity (Wildman–Crippen MR) is 64.9 cm³/mol. The van der Waals surface area contributed by atoms with Crippen LogP contribution in [0.25, 0.3) is 0 Å². The Bertz CT molecular complexity index is 265. The highest BCUT2D eigenvalue weighted by molar-refractivity contribution is 5.10. The van der Waals surface area contributed by atoms with E-state index >= 15 is 0 Å². The van der Waals surface area contributed by atoms with Crippen molar-refractivity contribution in [3.8, 4) is 0 Å². The van der Waals surface area contributed by atoms with Crippen molar-refractivity contribution < 1.29 is 0 Å². The van der Waals surface area contributed by atoms with Crippen LogP contribution in [0.15, 0.2) is 24.5 Å². The summed E-state index contributed by atoms with van der Waals surface area (Å²) in [6.07, 6.45) is 7.15. The number of rotatable bonds is 6. The molecule has 0 aromatic carbocycles. The Balaban J connectivity index is 2.33. The minimum atomic E-state index is 0.299. The maximum absolute atomic E-state index is 4.01. The van der Waals surface area contributed by atoms with E-state index in [4.69, 9.17) is 0 Å². The molecule has 0 saturated carbocycles. The molecule has 0 atom stereocenters. The van der Waals surface area contributed by atoms with Crippen molar-refractivity contribution in [1.29, 1.82) is 0 Å². The smallest absolute Gasteiger partial charge is 0.0270 e. The van der Waals surface area contributed by atoms with Gasteiger partial charge in [-0.25, -0.2) is 0 Å². The molecular weight excluding hydrogens is 184 g/mol. The first-order valence-electron chi connectivity index (χ1n) is 5.84.